The molecule has 10 heterocycles. The molecule has 4 aliphatic heterocycles. The fourth-order valence-corrected chi connectivity index (χ4v) is 9.17. The monoisotopic (exact) mass is 1080 g/mol. The molecular formula is C63H101N9O2S2. The molecule has 422 valence electrons. The maximum atomic E-state index is 5.15. The standard InChI is InChI=1S/2C6H7N.2C6H12.2C5H6N2.C5H11N.C5H7N.C5H10O.C5H6S.C5H10S.C4H7NO/c1-6-3-2-4-7-5-6;1-6-4-2-3-5-7-6;2*1-6-4-2-3-5-6;1-5-4-6-2-3-7-5;1-5-6-3-2-4-7-5;3*1-5-3-2-4-6-5;1-5-2-3-6-4-5;1-5-3-2-4-6-5;1-4-5-2-3-6-4/h2*2-5H,1H3;2*6H,2-5H2,1H3;2*2-4H,1H3;5-6H,2-4H2,1H3;2-4,6H,1H3;5H,2-4H2,1H3;2-4H,1H3;5H,2-4H2,1H3;2-3H2,1H3. The third-order valence-corrected chi connectivity index (χ3v) is 14.2. The number of aromatic amines is 1. The average Bonchev–Trinajstić information content (AvgIpc) is 4.26. The SMILES string of the molecule is CC1=NCCO1.CC1CCCC1.CC1CCCC1.CC1CCCN1.CC1CCCO1.CC1CCCS1.Cc1ccc[nH]1.Cc1ccccn1.Cc1cccnc1.Cc1ccsc1.Cc1cnccn1.Cc1ncccn1. The predicted molar refractivity (Wildman–Crippen MR) is 328 cm³/mol. The summed E-state index contributed by atoms with van der Waals surface area (Å²) >= 11 is 3.84. The van der Waals surface area contributed by atoms with Crippen LogP contribution < -0.4 is 5.32 Å². The van der Waals surface area contributed by atoms with Crippen molar-refractivity contribution in [3.05, 3.63) is 155 Å². The van der Waals surface area contributed by atoms with Gasteiger partial charge in [0, 0.05) is 92.0 Å². The van der Waals surface area contributed by atoms with Gasteiger partial charge in [-0.2, -0.15) is 23.1 Å². The Morgan fingerprint density at radius 2 is 1.24 bits per heavy atom. The van der Waals surface area contributed by atoms with Crippen LogP contribution in [-0.2, 0) is 9.47 Å². The summed E-state index contributed by atoms with van der Waals surface area (Å²) in [6, 6.07) is 18.5. The van der Waals surface area contributed by atoms with Crippen molar-refractivity contribution < 1.29 is 9.47 Å². The van der Waals surface area contributed by atoms with Crippen molar-refractivity contribution in [3.63, 3.8) is 0 Å². The van der Waals surface area contributed by atoms with Gasteiger partial charge in [-0.25, -0.2) is 9.97 Å². The molecule has 11 nitrogen and oxygen atoms in total. The molecule has 76 heavy (non-hydrogen) atoms. The number of aryl methyl sites for hydroxylation is 6. The number of thiophene rings is 1. The Kier molecular flexibility index (Phi) is 44.2. The van der Waals surface area contributed by atoms with Gasteiger partial charge >= 0.3 is 0 Å². The van der Waals surface area contributed by atoms with E-state index < -0.39 is 0 Å². The second-order valence-electron chi connectivity index (χ2n) is 20.0. The van der Waals surface area contributed by atoms with Crippen LogP contribution in [0.5, 0.6) is 0 Å². The van der Waals surface area contributed by atoms with Crippen LogP contribution in [0.15, 0.2) is 126 Å². The Morgan fingerprint density at radius 1 is 0.553 bits per heavy atom. The fourth-order valence-electron chi connectivity index (χ4n) is 7.43. The Morgan fingerprint density at radius 3 is 1.43 bits per heavy atom. The van der Waals surface area contributed by atoms with Gasteiger partial charge in [-0.15, -0.1) is 0 Å². The lowest BCUT2D eigenvalue weighted by molar-refractivity contribution is 0.125. The van der Waals surface area contributed by atoms with Crippen LogP contribution in [0.3, 0.4) is 0 Å². The maximum Gasteiger partial charge on any atom is 0.180 e. The first-order valence-corrected chi connectivity index (χ1v) is 30.1. The number of aromatic nitrogens is 7. The van der Waals surface area contributed by atoms with E-state index in [9.17, 15) is 0 Å². The minimum atomic E-state index is 0.546. The van der Waals surface area contributed by atoms with Gasteiger partial charge < -0.3 is 19.8 Å². The lowest BCUT2D eigenvalue weighted by Crippen LogP contribution is -2.16. The highest BCUT2D eigenvalue weighted by molar-refractivity contribution is 8.00. The second kappa shape index (κ2) is 48.5. The van der Waals surface area contributed by atoms with E-state index in [1.807, 2.05) is 96.4 Å². The summed E-state index contributed by atoms with van der Waals surface area (Å²) in [7, 11) is 0. The van der Waals surface area contributed by atoms with E-state index in [4.69, 9.17) is 9.47 Å². The van der Waals surface area contributed by atoms with Gasteiger partial charge in [0.15, 0.2) is 5.90 Å². The lowest BCUT2D eigenvalue weighted by atomic mass is 10.2. The number of hydrogen-bond donors (Lipinski definition) is 2. The van der Waals surface area contributed by atoms with Crippen molar-refractivity contribution in [2.45, 2.75) is 190 Å². The van der Waals surface area contributed by atoms with Crippen LogP contribution in [-0.4, -0.2) is 90.2 Å². The minimum Gasteiger partial charge on any atom is -0.479 e. The number of aliphatic imine (C=N–C) groups is 1. The minimum absolute atomic E-state index is 0.546. The zero-order chi connectivity index (χ0) is 55.7. The van der Waals surface area contributed by atoms with Crippen molar-refractivity contribution in [1.29, 1.82) is 0 Å². The van der Waals surface area contributed by atoms with E-state index in [1.165, 1.54) is 119 Å². The first kappa shape index (κ1) is 69.2. The molecule has 0 spiro atoms. The van der Waals surface area contributed by atoms with Crippen molar-refractivity contribution in [1.82, 2.24) is 40.2 Å². The van der Waals surface area contributed by atoms with Gasteiger partial charge in [-0.05, 0) is 182 Å². The molecular weight excluding hydrogens is 979 g/mol. The van der Waals surface area contributed by atoms with E-state index in [-0.39, 0.29) is 0 Å². The largest absolute Gasteiger partial charge is 0.479 e. The molecule has 6 aliphatic rings. The first-order valence-electron chi connectivity index (χ1n) is 28.1. The summed E-state index contributed by atoms with van der Waals surface area (Å²) in [5, 5.41) is 8.49. The number of pyridine rings is 2. The Bertz CT molecular complexity index is 1830. The molecule has 3 atom stereocenters. The summed E-state index contributed by atoms with van der Waals surface area (Å²) in [6.07, 6.45) is 36.4. The van der Waals surface area contributed by atoms with Gasteiger partial charge in [-0.1, -0.05) is 84.3 Å². The number of thioether (sulfide) groups is 1. The molecule has 2 saturated carbocycles. The van der Waals surface area contributed by atoms with E-state index in [0.717, 1.165) is 66.0 Å². The lowest BCUT2D eigenvalue weighted by Gasteiger charge is -1.95. The molecule has 6 aromatic heterocycles. The Labute approximate surface area is 470 Å². The third-order valence-electron chi connectivity index (χ3n) is 12.1. The van der Waals surface area contributed by atoms with Gasteiger partial charge in [0.2, 0.25) is 0 Å². The summed E-state index contributed by atoms with van der Waals surface area (Å²) in [4.78, 5) is 30.3. The number of rotatable bonds is 0. The van der Waals surface area contributed by atoms with Gasteiger partial charge in [0.05, 0.1) is 18.3 Å². The summed E-state index contributed by atoms with van der Waals surface area (Å²) in [6.45, 7) is 28.9. The van der Waals surface area contributed by atoms with Gasteiger partial charge in [-0.3, -0.25) is 24.9 Å². The third kappa shape index (κ3) is 46.5. The van der Waals surface area contributed by atoms with E-state index in [0.29, 0.717) is 6.10 Å². The van der Waals surface area contributed by atoms with Crippen molar-refractivity contribution >= 4 is 29.0 Å². The van der Waals surface area contributed by atoms with Gasteiger partial charge in [0.25, 0.3) is 0 Å². The Balaban J connectivity index is 0.000000415. The van der Waals surface area contributed by atoms with Crippen molar-refractivity contribution in [2.24, 2.45) is 16.8 Å². The van der Waals surface area contributed by atoms with Crippen LogP contribution in [0.4, 0.5) is 0 Å². The first-order chi connectivity index (χ1) is 36.7. The molecule has 0 radical (unpaired) electrons. The average molecular weight is 1080 g/mol. The van der Waals surface area contributed by atoms with Crippen molar-refractivity contribution in [3.8, 4) is 0 Å². The van der Waals surface area contributed by atoms with Crippen LogP contribution in [0, 0.1) is 53.4 Å². The highest BCUT2D eigenvalue weighted by Crippen LogP contribution is 2.25. The molecule has 2 aliphatic carbocycles. The topological polar surface area (TPSA) is 136 Å². The molecule has 0 amide bonds. The summed E-state index contributed by atoms with van der Waals surface area (Å²) in [5.41, 5.74) is 5.82. The summed E-state index contributed by atoms with van der Waals surface area (Å²) < 4.78 is 10.1. The molecule has 0 bridgehead atoms. The molecule has 0 aromatic carbocycles. The normalized spacial score (nSPS) is 18.4. The summed E-state index contributed by atoms with van der Waals surface area (Å²) in [5.74, 6) is 5.15. The van der Waals surface area contributed by atoms with Crippen LogP contribution >= 0.6 is 23.1 Å². The van der Waals surface area contributed by atoms with Gasteiger partial charge in [0.1, 0.15) is 12.4 Å². The molecule has 12 rings (SSSR count). The van der Waals surface area contributed by atoms with Crippen LogP contribution in [0.1, 0.15) is 165 Å². The van der Waals surface area contributed by atoms with Crippen molar-refractivity contribution in [2.75, 3.05) is 32.1 Å². The molecule has 6 aromatic rings. The molecule has 3 saturated heterocycles. The molecule has 13 heteroatoms. The van der Waals surface area contributed by atoms with E-state index >= 15 is 0 Å². The van der Waals surface area contributed by atoms with E-state index in [2.05, 4.69) is 115 Å². The molecule has 5 fully saturated rings. The maximum absolute atomic E-state index is 5.15. The number of H-pyrrole nitrogens is 1. The zero-order valence-corrected chi connectivity index (χ0v) is 50.8. The second-order valence-corrected chi connectivity index (χ2v) is 22.3. The highest BCUT2D eigenvalue weighted by Gasteiger charge is 2.09. The zero-order valence-electron chi connectivity index (χ0n) is 49.1. The van der Waals surface area contributed by atoms with Crippen LogP contribution in [0.25, 0.3) is 0 Å². The number of hydrogen-bond acceptors (Lipinski definition) is 12. The highest BCUT2D eigenvalue weighted by atomic mass is 32.2. The number of nitrogens with zero attached hydrogens (tertiary/aromatic N) is 7. The Hall–Kier alpha value is -4.82. The predicted octanol–water partition coefficient (Wildman–Crippen LogP) is 16.4. The van der Waals surface area contributed by atoms with E-state index in [1.54, 1.807) is 60.8 Å². The number of ether oxygens (including phenoxy) is 2. The number of nitrogens with one attached hydrogen (secondary N) is 2. The quantitative estimate of drug-likeness (QED) is 0.151. The molecule has 2 N–H and O–H groups in total. The smallest absolute Gasteiger partial charge is 0.180 e. The van der Waals surface area contributed by atoms with Crippen LogP contribution in [0.2, 0.25) is 0 Å². The molecule has 3 unspecified atom stereocenters. The fraction of sp³-hybridized carbons (Fsp3) is 0.571.